The zero-order valence-corrected chi connectivity index (χ0v) is 12.2. The quantitative estimate of drug-likeness (QED) is 0.325. The molecule has 6 nitrogen and oxygen atoms in total. The molecule has 0 aliphatic heterocycles. The Kier molecular flexibility index (Phi) is 5.03. The molecule has 0 amide bonds. The van der Waals surface area contributed by atoms with Gasteiger partial charge in [0.25, 0.3) is 0 Å². The molecule has 0 aliphatic carbocycles. The van der Waals surface area contributed by atoms with Crippen LogP contribution in [0.2, 0.25) is 0 Å². The van der Waals surface area contributed by atoms with E-state index in [4.69, 9.17) is 10.6 Å². The third kappa shape index (κ3) is 3.75. The zero-order valence-electron chi connectivity index (χ0n) is 11.4. The summed E-state index contributed by atoms with van der Waals surface area (Å²) < 4.78 is 5.13. The largest absolute Gasteiger partial charge is 0.497 e. The fourth-order valence-electron chi connectivity index (χ4n) is 1.62. The number of methoxy groups -OCH3 is 1. The van der Waals surface area contributed by atoms with Gasteiger partial charge in [0.1, 0.15) is 17.4 Å². The van der Waals surface area contributed by atoms with Crippen LogP contribution < -0.4 is 21.3 Å². The molecule has 2 rings (SSSR count). The van der Waals surface area contributed by atoms with Gasteiger partial charge in [0.2, 0.25) is 0 Å². The molecular weight excluding hydrogens is 274 g/mol. The van der Waals surface area contributed by atoms with Gasteiger partial charge in [-0.15, -0.1) is 0 Å². The van der Waals surface area contributed by atoms with Crippen LogP contribution in [0.5, 0.6) is 5.75 Å². The summed E-state index contributed by atoms with van der Waals surface area (Å²) in [6, 6.07) is 9.63. The molecule has 0 atom stereocenters. The molecule has 0 aliphatic rings. The van der Waals surface area contributed by atoms with Crippen molar-refractivity contribution in [1.82, 2.24) is 9.97 Å². The second-order valence-corrected chi connectivity index (χ2v) is 4.74. The predicted octanol–water partition coefficient (Wildman–Crippen LogP) is 2.10. The lowest BCUT2D eigenvalue weighted by molar-refractivity contribution is 0.414. The van der Waals surface area contributed by atoms with Crippen molar-refractivity contribution in [3.63, 3.8) is 0 Å². The van der Waals surface area contributed by atoms with Gasteiger partial charge in [-0.3, -0.25) is 0 Å². The van der Waals surface area contributed by atoms with Crippen LogP contribution in [0.1, 0.15) is 5.56 Å². The summed E-state index contributed by atoms with van der Waals surface area (Å²) in [6.07, 6.45) is 1.92. The molecule has 1 heterocycles. The van der Waals surface area contributed by atoms with Crippen molar-refractivity contribution in [1.29, 1.82) is 0 Å². The highest BCUT2D eigenvalue weighted by Gasteiger charge is 2.03. The van der Waals surface area contributed by atoms with E-state index in [-0.39, 0.29) is 0 Å². The minimum Gasteiger partial charge on any atom is -0.497 e. The van der Waals surface area contributed by atoms with E-state index in [2.05, 4.69) is 20.7 Å². The Morgan fingerprint density at radius 1 is 1.20 bits per heavy atom. The maximum absolute atomic E-state index is 5.39. The molecule has 0 saturated heterocycles. The van der Waals surface area contributed by atoms with E-state index in [1.807, 2.05) is 30.5 Å². The summed E-state index contributed by atoms with van der Waals surface area (Å²) >= 11 is 1.46. The van der Waals surface area contributed by atoms with Gasteiger partial charge in [-0.25, -0.2) is 15.8 Å². The van der Waals surface area contributed by atoms with E-state index in [0.717, 1.165) is 17.1 Å². The Bertz CT molecular complexity index is 539. The minimum absolute atomic E-state index is 0.585. The van der Waals surface area contributed by atoms with Crippen LogP contribution in [0, 0.1) is 0 Å². The van der Waals surface area contributed by atoms with Crippen LogP contribution in [0.25, 0.3) is 0 Å². The van der Waals surface area contributed by atoms with Gasteiger partial charge in [0, 0.05) is 12.6 Å². The molecular formula is C13H17N5OS. The Hall–Kier alpha value is -1.99. The van der Waals surface area contributed by atoms with Crippen LogP contribution in [0.4, 0.5) is 11.6 Å². The van der Waals surface area contributed by atoms with E-state index < -0.39 is 0 Å². The van der Waals surface area contributed by atoms with Crippen molar-refractivity contribution in [3.8, 4) is 5.75 Å². The molecule has 0 saturated carbocycles. The topological polar surface area (TPSA) is 85.1 Å². The minimum atomic E-state index is 0.585. The average molecular weight is 291 g/mol. The average Bonchev–Trinajstić information content (AvgIpc) is 2.53. The summed E-state index contributed by atoms with van der Waals surface area (Å²) in [6.45, 7) is 0.666. The first-order chi connectivity index (χ1) is 9.75. The van der Waals surface area contributed by atoms with E-state index >= 15 is 0 Å². The maximum atomic E-state index is 5.39. The number of anilines is 2. The Morgan fingerprint density at radius 2 is 1.90 bits per heavy atom. The molecule has 4 N–H and O–H groups in total. The summed E-state index contributed by atoms with van der Waals surface area (Å²) in [5.41, 5.74) is 3.67. The number of nitrogen functional groups attached to an aromatic ring is 1. The van der Waals surface area contributed by atoms with Gasteiger partial charge >= 0.3 is 0 Å². The van der Waals surface area contributed by atoms with Crippen LogP contribution in [-0.4, -0.2) is 23.3 Å². The number of ether oxygens (including phenoxy) is 1. The lowest BCUT2D eigenvalue weighted by Crippen LogP contribution is -2.11. The molecule has 0 radical (unpaired) electrons. The molecule has 106 valence electrons. The first-order valence-corrected chi connectivity index (χ1v) is 7.24. The molecule has 1 aromatic carbocycles. The van der Waals surface area contributed by atoms with E-state index in [1.54, 1.807) is 13.2 Å². The summed E-state index contributed by atoms with van der Waals surface area (Å²) in [4.78, 5) is 8.58. The third-order valence-corrected chi connectivity index (χ3v) is 3.22. The third-order valence-electron chi connectivity index (χ3n) is 2.67. The summed E-state index contributed by atoms with van der Waals surface area (Å²) in [7, 11) is 1.65. The van der Waals surface area contributed by atoms with Crippen molar-refractivity contribution >= 4 is 23.4 Å². The summed E-state index contributed by atoms with van der Waals surface area (Å²) in [5, 5.41) is 3.91. The number of nitrogens with two attached hydrogens (primary N) is 1. The molecule has 7 heteroatoms. The van der Waals surface area contributed by atoms with Crippen molar-refractivity contribution < 1.29 is 4.74 Å². The number of rotatable bonds is 6. The van der Waals surface area contributed by atoms with E-state index in [9.17, 15) is 0 Å². The van der Waals surface area contributed by atoms with Crippen LogP contribution in [0.3, 0.4) is 0 Å². The number of nitrogens with one attached hydrogen (secondary N) is 2. The van der Waals surface area contributed by atoms with Gasteiger partial charge in [-0.05, 0) is 24.0 Å². The molecule has 0 bridgehead atoms. The van der Waals surface area contributed by atoms with Gasteiger partial charge in [0.05, 0.1) is 7.11 Å². The number of benzene rings is 1. The molecule has 0 spiro atoms. The van der Waals surface area contributed by atoms with Gasteiger partial charge in [-0.1, -0.05) is 23.9 Å². The second-order valence-electron chi connectivity index (χ2n) is 3.97. The van der Waals surface area contributed by atoms with Gasteiger partial charge in [0.15, 0.2) is 5.16 Å². The van der Waals surface area contributed by atoms with Gasteiger partial charge < -0.3 is 15.5 Å². The number of hydrazine groups is 1. The lowest BCUT2D eigenvalue weighted by atomic mass is 10.2. The Labute approximate surface area is 122 Å². The number of nitrogens with zero attached hydrogens (tertiary/aromatic N) is 2. The number of hydrogen-bond acceptors (Lipinski definition) is 7. The normalized spacial score (nSPS) is 10.2. The highest BCUT2D eigenvalue weighted by atomic mass is 32.2. The zero-order chi connectivity index (χ0) is 14.4. The molecule has 0 fully saturated rings. The fraction of sp³-hybridized carbons (Fsp3) is 0.231. The van der Waals surface area contributed by atoms with Crippen molar-refractivity contribution in [2.45, 2.75) is 11.7 Å². The highest BCUT2D eigenvalue weighted by Crippen LogP contribution is 2.18. The Balaban J connectivity index is 2.05. The maximum Gasteiger partial charge on any atom is 0.191 e. The monoisotopic (exact) mass is 291 g/mol. The van der Waals surface area contributed by atoms with Crippen molar-refractivity contribution in [2.75, 3.05) is 24.1 Å². The number of aromatic nitrogens is 2. The lowest BCUT2D eigenvalue weighted by Gasteiger charge is -2.09. The smallest absolute Gasteiger partial charge is 0.191 e. The first kappa shape index (κ1) is 14.4. The highest BCUT2D eigenvalue weighted by molar-refractivity contribution is 7.98. The van der Waals surface area contributed by atoms with E-state index in [0.29, 0.717) is 17.5 Å². The fourth-order valence-corrected chi connectivity index (χ4v) is 2.00. The first-order valence-electron chi connectivity index (χ1n) is 6.01. The number of hydrogen-bond donors (Lipinski definition) is 3. The van der Waals surface area contributed by atoms with Crippen LogP contribution >= 0.6 is 11.8 Å². The standard InChI is InChI=1S/C13H17N5OS/c1-19-10-5-3-9(4-6-10)8-15-11-7-12(18-14)17-13(16-11)20-2/h3-7H,8,14H2,1-2H3,(H2,15,16,17,18). The summed E-state index contributed by atoms with van der Waals surface area (Å²) in [5.74, 6) is 7.55. The molecule has 2 aromatic rings. The van der Waals surface area contributed by atoms with E-state index in [1.165, 1.54) is 11.8 Å². The molecule has 1 aromatic heterocycles. The van der Waals surface area contributed by atoms with Crippen molar-refractivity contribution in [2.24, 2.45) is 5.84 Å². The predicted molar refractivity (Wildman–Crippen MR) is 81.9 cm³/mol. The number of thioether (sulfide) groups is 1. The van der Waals surface area contributed by atoms with Crippen LogP contribution in [-0.2, 0) is 6.54 Å². The molecule has 20 heavy (non-hydrogen) atoms. The Morgan fingerprint density at radius 3 is 2.50 bits per heavy atom. The molecule has 0 unspecified atom stereocenters. The van der Waals surface area contributed by atoms with Crippen LogP contribution in [0.15, 0.2) is 35.5 Å². The SMILES string of the molecule is COc1ccc(CNc2cc(NN)nc(SC)n2)cc1. The van der Waals surface area contributed by atoms with Crippen molar-refractivity contribution in [3.05, 3.63) is 35.9 Å². The second kappa shape index (κ2) is 6.97. The van der Waals surface area contributed by atoms with Gasteiger partial charge in [-0.2, -0.15) is 0 Å².